The van der Waals surface area contributed by atoms with E-state index in [9.17, 15) is 9.59 Å². The third-order valence-electron chi connectivity index (χ3n) is 5.34. The number of anilines is 1. The number of ether oxygens (including phenoxy) is 1. The monoisotopic (exact) mass is 370 g/mol. The predicted octanol–water partition coefficient (Wildman–Crippen LogP) is 3.09. The van der Waals surface area contributed by atoms with E-state index in [1.54, 1.807) is 0 Å². The maximum Gasteiger partial charge on any atom is 0.264 e. The molecular weight excluding hydrogens is 348 g/mol. The molecule has 0 saturated carbocycles. The van der Waals surface area contributed by atoms with Crippen molar-refractivity contribution < 1.29 is 14.3 Å². The lowest BCUT2D eigenvalue weighted by Gasteiger charge is -2.46. The molecule has 136 valence electrons. The Labute approximate surface area is 157 Å². The van der Waals surface area contributed by atoms with Gasteiger partial charge in [-0.25, -0.2) is 0 Å². The number of aryl methyl sites for hydroxylation is 1. The maximum absolute atomic E-state index is 12.7. The number of morpholine rings is 1. The Kier molecular flexibility index (Phi) is 4.54. The minimum Gasteiger partial charge on any atom is -0.363 e. The summed E-state index contributed by atoms with van der Waals surface area (Å²) >= 11 is 1.50. The summed E-state index contributed by atoms with van der Waals surface area (Å²) in [6, 6.07) is 11.7. The maximum atomic E-state index is 12.7. The number of likely N-dealkylation sites (tertiary alicyclic amines) is 1. The van der Waals surface area contributed by atoms with Crippen molar-refractivity contribution in [2.75, 3.05) is 31.1 Å². The fourth-order valence-corrected chi connectivity index (χ4v) is 4.61. The molecule has 5 nitrogen and oxygen atoms in total. The molecule has 2 aromatic rings. The van der Waals surface area contributed by atoms with Crippen molar-refractivity contribution in [3.8, 4) is 0 Å². The second kappa shape index (κ2) is 6.85. The number of nitrogens with zero attached hydrogens (tertiary/aromatic N) is 2. The van der Waals surface area contributed by atoms with Gasteiger partial charge in [-0.15, -0.1) is 11.3 Å². The lowest BCUT2D eigenvalue weighted by atomic mass is 9.89. The number of hydrogen-bond donors (Lipinski definition) is 0. The van der Waals surface area contributed by atoms with Gasteiger partial charge in [0.15, 0.2) is 0 Å². The Bertz CT molecular complexity index is 809. The van der Waals surface area contributed by atoms with Gasteiger partial charge in [0.25, 0.3) is 11.8 Å². The largest absolute Gasteiger partial charge is 0.363 e. The molecule has 0 bridgehead atoms. The molecule has 0 atom stereocenters. The highest BCUT2D eigenvalue weighted by Gasteiger charge is 2.43. The highest BCUT2D eigenvalue weighted by molar-refractivity contribution is 7.12. The predicted molar refractivity (Wildman–Crippen MR) is 102 cm³/mol. The summed E-state index contributed by atoms with van der Waals surface area (Å²) in [5.41, 5.74) is 1.59. The van der Waals surface area contributed by atoms with E-state index in [0.717, 1.165) is 29.0 Å². The normalized spacial score (nSPS) is 19.8. The van der Waals surface area contributed by atoms with Crippen LogP contribution in [0.4, 0.5) is 5.69 Å². The molecule has 2 amide bonds. The number of piperidine rings is 1. The number of thiophene rings is 1. The molecule has 0 aliphatic carbocycles. The zero-order valence-corrected chi connectivity index (χ0v) is 15.6. The van der Waals surface area contributed by atoms with Crippen molar-refractivity contribution in [2.24, 2.45) is 0 Å². The summed E-state index contributed by atoms with van der Waals surface area (Å²) in [7, 11) is 0. The van der Waals surface area contributed by atoms with E-state index in [2.05, 4.69) is 0 Å². The van der Waals surface area contributed by atoms with Crippen molar-refractivity contribution in [3.63, 3.8) is 0 Å². The highest BCUT2D eigenvalue weighted by atomic mass is 32.1. The SMILES string of the molecule is Cc1ccsc1C(=O)N1CCC2(CC1)CN(c1ccccc1)C(=O)CO2. The molecular formula is C20H22N2O3S. The first-order valence-electron chi connectivity index (χ1n) is 8.91. The van der Waals surface area contributed by atoms with Gasteiger partial charge < -0.3 is 14.5 Å². The van der Waals surface area contributed by atoms with Crippen LogP contribution in [0.15, 0.2) is 41.8 Å². The number of carbonyl (C=O) groups excluding carboxylic acids is 2. The molecule has 1 aromatic carbocycles. The summed E-state index contributed by atoms with van der Waals surface area (Å²) in [5.74, 6) is 0.105. The molecule has 0 unspecified atom stereocenters. The smallest absolute Gasteiger partial charge is 0.264 e. The molecule has 2 aliphatic rings. The molecule has 2 fully saturated rings. The minimum absolute atomic E-state index is 0.00505. The zero-order valence-electron chi connectivity index (χ0n) is 14.8. The topological polar surface area (TPSA) is 49.9 Å². The average molecular weight is 370 g/mol. The quantitative estimate of drug-likeness (QED) is 0.816. The van der Waals surface area contributed by atoms with E-state index >= 15 is 0 Å². The Morgan fingerprint density at radius 1 is 1.15 bits per heavy atom. The van der Waals surface area contributed by atoms with Crippen LogP contribution in [-0.4, -0.2) is 48.6 Å². The van der Waals surface area contributed by atoms with Crippen LogP contribution in [0.2, 0.25) is 0 Å². The summed E-state index contributed by atoms with van der Waals surface area (Å²) < 4.78 is 5.99. The molecule has 6 heteroatoms. The first-order chi connectivity index (χ1) is 12.6. The van der Waals surface area contributed by atoms with Gasteiger partial charge in [-0.2, -0.15) is 0 Å². The van der Waals surface area contributed by atoms with Crippen molar-refractivity contribution in [1.29, 1.82) is 0 Å². The fraction of sp³-hybridized carbons (Fsp3) is 0.400. The van der Waals surface area contributed by atoms with E-state index < -0.39 is 0 Å². The van der Waals surface area contributed by atoms with E-state index in [1.165, 1.54) is 11.3 Å². The molecule has 4 rings (SSSR count). The molecule has 0 radical (unpaired) electrons. The van der Waals surface area contributed by atoms with Crippen LogP contribution < -0.4 is 4.90 Å². The van der Waals surface area contributed by atoms with Crippen LogP contribution >= 0.6 is 11.3 Å². The van der Waals surface area contributed by atoms with Gasteiger partial charge in [0.05, 0.1) is 17.0 Å². The Balaban J connectivity index is 1.45. The number of benzene rings is 1. The minimum atomic E-state index is -0.356. The third-order valence-corrected chi connectivity index (χ3v) is 6.34. The van der Waals surface area contributed by atoms with Crippen LogP contribution in [0.3, 0.4) is 0 Å². The number of rotatable bonds is 2. The van der Waals surface area contributed by atoms with E-state index in [-0.39, 0.29) is 24.0 Å². The Hall–Kier alpha value is -2.18. The summed E-state index contributed by atoms with van der Waals surface area (Å²) in [5, 5.41) is 1.96. The van der Waals surface area contributed by atoms with Crippen LogP contribution in [0.1, 0.15) is 28.1 Å². The van der Waals surface area contributed by atoms with E-state index in [0.29, 0.717) is 19.6 Å². The molecule has 1 spiro atoms. The molecule has 2 aliphatic heterocycles. The lowest BCUT2D eigenvalue weighted by molar-refractivity contribution is -0.143. The van der Waals surface area contributed by atoms with Crippen LogP contribution in [0, 0.1) is 6.92 Å². The van der Waals surface area contributed by atoms with Crippen molar-refractivity contribution in [2.45, 2.75) is 25.4 Å². The van der Waals surface area contributed by atoms with Gasteiger partial charge in [0.2, 0.25) is 0 Å². The second-order valence-electron chi connectivity index (χ2n) is 7.01. The van der Waals surface area contributed by atoms with Gasteiger partial charge in [-0.3, -0.25) is 9.59 Å². The van der Waals surface area contributed by atoms with Gasteiger partial charge in [-0.05, 0) is 48.9 Å². The zero-order chi connectivity index (χ0) is 18.1. The van der Waals surface area contributed by atoms with E-state index in [4.69, 9.17) is 4.74 Å². The number of hydrogen-bond acceptors (Lipinski definition) is 4. The number of carbonyl (C=O) groups is 2. The van der Waals surface area contributed by atoms with Gasteiger partial charge in [-0.1, -0.05) is 18.2 Å². The Morgan fingerprint density at radius 2 is 1.88 bits per heavy atom. The average Bonchev–Trinajstić information content (AvgIpc) is 3.11. The summed E-state index contributed by atoms with van der Waals surface area (Å²) in [4.78, 5) is 29.6. The molecule has 0 N–H and O–H groups in total. The Morgan fingerprint density at radius 3 is 2.54 bits per heavy atom. The lowest BCUT2D eigenvalue weighted by Crippen LogP contribution is -2.59. The number of para-hydroxylation sites is 1. The fourth-order valence-electron chi connectivity index (χ4n) is 3.71. The van der Waals surface area contributed by atoms with Gasteiger partial charge in [0, 0.05) is 18.8 Å². The van der Waals surface area contributed by atoms with Crippen molar-refractivity contribution in [3.05, 3.63) is 52.2 Å². The molecule has 2 saturated heterocycles. The van der Waals surface area contributed by atoms with Crippen LogP contribution in [0.5, 0.6) is 0 Å². The first kappa shape index (κ1) is 17.2. The van der Waals surface area contributed by atoms with Crippen molar-refractivity contribution >= 4 is 28.8 Å². The van der Waals surface area contributed by atoms with Crippen LogP contribution in [0.25, 0.3) is 0 Å². The molecule has 3 heterocycles. The van der Waals surface area contributed by atoms with Crippen LogP contribution in [-0.2, 0) is 9.53 Å². The number of amides is 2. The van der Waals surface area contributed by atoms with Gasteiger partial charge in [0.1, 0.15) is 6.61 Å². The summed E-state index contributed by atoms with van der Waals surface area (Å²) in [6.07, 6.45) is 1.50. The first-order valence-corrected chi connectivity index (χ1v) is 9.79. The highest BCUT2D eigenvalue weighted by Crippen LogP contribution is 2.33. The standard InChI is InChI=1S/C20H22N2O3S/c1-15-7-12-26-18(15)19(24)21-10-8-20(9-11-21)14-22(17(23)13-25-20)16-5-3-2-4-6-16/h2-7,12H,8-11,13-14H2,1H3. The van der Waals surface area contributed by atoms with E-state index in [1.807, 2.05) is 58.5 Å². The molecule has 1 aromatic heterocycles. The van der Waals surface area contributed by atoms with Crippen molar-refractivity contribution in [1.82, 2.24) is 4.90 Å². The van der Waals surface area contributed by atoms with Gasteiger partial charge >= 0.3 is 0 Å². The third kappa shape index (κ3) is 3.15. The second-order valence-corrected chi connectivity index (χ2v) is 7.93. The molecule has 26 heavy (non-hydrogen) atoms. The summed E-state index contributed by atoms with van der Waals surface area (Å²) in [6.45, 7) is 3.95.